The van der Waals surface area contributed by atoms with Gasteiger partial charge in [-0.2, -0.15) is 0 Å². The fourth-order valence-electron chi connectivity index (χ4n) is 2.06. The van der Waals surface area contributed by atoms with Crippen LogP contribution in [-0.2, 0) is 11.3 Å². The smallest absolute Gasteiger partial charge is 0.119 e. The van der Waals surface area contributed by atoms with Gasteiger partial charge in [0.15, 0.2) is 0 Å². The van der Waals surface area contributed by atoms with E-state index in [1.165, 1.54) is 18.4 Å². The van der Waals surface area contributed by atoms with Crippen LogP contribution in [-0.4, -0.2) is 51.4 Å². The van der Waals surface area contributed by atoms with Crippen molar-refractivity contribution in [3.05, 3.63) is 29.8 Å². The van der Waals surface area contributed by atoms with E-state index in [9.17, 15) is 0 Å². The molecule has 2 rings (SSSR count). The third-order valence-corrected chi connectivity index (χ3v) is 3.49. The largest absolute Gasteiger partial charge is 0.491 e. The van der Waals surface area contributed by atoms with Crippen LogP contribution in [0.5, 0.6) is 5.75 Å². The van der Waals surface area contributed by atoms with Gasteiger partial charge in [0.25, 0.3) is 0 Å². The molecule has 0 unspecified atom stereocenters. The first kappa shape index (κ1) is 16.3. The van der Waals surface area contributed by atoms with Gasteiger partial charge < -0.3 is 19.7 Å². The summed E-state index contributed by atoms with van der Waals surface area (Å²) in [6.45, 7) is 4.09. The van der Waals surface area contributed by atoms with E-state index >= 15 is 0 Å². The van der Waals surface area contributed by atoms with Crippen LogP contribution in [0.3, 0.4) is 0 Å². The van der Waals surface area contributed by atoms with Crippen molar-refractivity contribution in [1.29, 1.82) is 0 Å². The van der Waals surface area contributed by atoms with Gasteiger partial charge in [0.05, 0.1) is 6.61 Å². The number of hydrogen-bond donors (Lipinski definition) is 1. The lowest BCUT2D eigenvalue weighted by Crippen LogP contribution is -2.16. The van der Waals surface area contributed by atoms with E-state index < -0.39 is 0 Å². The lowest BCUT2D eigenvalue weighted by Gasteiger charge is -2.10. The molecule has 0 spiro atoms. The van der Waals surface area contributed by atoms with E-state index in [0.717, 1.165) is 37.9 Å². The molecule has 0 bridgehead atoms. The summed E-state index contributed by atoms with van der Waals surface area (Å²) in [5.41, 5.74) is 1.31. The SMILES string of the molecule is CN(C)CCCOCCOc1ccc(CNC2CC2)cc1. The van der Waals surface area contributed by atoms with Crippen LogP contribution in [0.25, 0.3) is 0 Å². The van der Waals surface area contributed by atoms with Crippen molar-refractivity contribution in [2.75, 3.05) is 40.5 Å². The van der Waals surface area contributed by atoms with Gasteiger partial charge in [-0.15, -0.1) is 0 Å². The second-order valence-corrected chi connectivity index (χ2v) is 5.92. The van der Waals surface area contributed by atoms with Crippen LogP contribution in [0.4, 0.5) is 0 Å². The Balaban J connectivity index is 1.51. The van der Waals surface area contributed by atoms with Crippen molar-refractivity contribution >= 4 is 0 Å². The Morgan fingerprint density at radius 1 is 1.10 bits per heavy atom. The summed E-state index contributed by atoms with van der Waals surface area (Å²) in [7, 11) is 4.15. The van der Waals surface area contributed by atoms with Crippen molar-refractivity contribution in [3.8, 4) is 5.75 Å². The molecule has 1 aromatic rings. The molecule has 0 aliphatic heterocycles. The van der Waals surface area contributed by atoms with Gasteiger partial charge in [0.2, 0.25) is 0 Å². The van der Waals surface area contributed by atoms with Crippen molar-refractivity contribution < 1.29 is 9.47 Å². The second-order valence-electron chi connectivity index (χ2n) is 5.92. The van der Waals surface area contributed by atoms with Crippen LogP contribution in [0.15, 0.2) is 24.3 Å². The van der Waals surface area contributed by atoms with Crippen molar-refractivity contribution in [1.82, 2.24) is 10.2 Å². The molecule has 1 aliphatic rings. The molecule has 0 atom stereocenters. The first-order valence-electron chi connectivity index (χ1n) is 7.91. The minimum absolute atomic E-state index is 0.613. The normalized spacial score (nSPS) is 14.6. The molecule has 1 fully saturated rings. The number of rotatable bonds is 11. The quantitative estimate of drug-likeness (QED) is 0.635. The Hall–Kier alpha value is -1.10. The molecule has 0 saturated heterocycles. The Bertz CT molecular complexity index is 388. The molecule has 1 saturated carbocycles. The van der Waals surface area contributed by atoms with E-state index in [-0.39, 0.29) is 0 Å². The molecule has 0 aromatic heterocycles. The summed E-state index contributed by atoms with van der Waals surface area (Å²) in [6.07, 6.45) is 3.72. The highest BCUT2D eigenvalue weighted by molar-refractivity contribution is 5.27. The zero-order valence-electron chi connectivity index (χ0n) is 13.3. The van der Waals surface area contributed by atoms with Crippen LogP contribution >= 0.6 is 0 Å². The highest BCUT2D eigenvalue weighted by atomic mass is 16.5. The van der Waals surface area contributed by atoms with Gasteiger partial charge in [-0.25, -0.2) is 0 Å². The molecule has 4 nitrogen and oxygen atoms in total. The van der Waals surface area contributed by atoms with Crippen LogP contribution in [0.2, 0.25) is 0 Å². The lowest BCUT2D eigenvalue weighted by molar-refractivity contribution is 0.0946. The minimum atomic E-state index is 0.613. The zero-order valence-corrected chi connectivity index (χ0v) is 13.3. The summed E-state index contributed by atoms with van der Waals surface area (Å²) in [5, 5.41) is 3.51. The number of benzene rings is 1. The van der Waals surface area contributed by atoms with Crippen molar-refractivity contribution in [3.63, 3.8) is 0 Å². The first-order chi connectivity index (χ1) is 10.2. The third kappa shape index (κ3) is 7.46. The number of ether oxygens (including phenoxy) is 2. The maximum Gasteiger partial charge on any atom is 0.119 e. The van der Waals surface area contributed by atoms with Crippen LogP contribution in [0, 0.1) is 0 Å². The van der Waals surface area contributed by atoms with E-state index in [1.54, 1.807) is 0 Å². The third-order valence-electron chi connectivity index (χ3n) is 3.49. The molecule has 118 valence electrons. The standard InChI is InChI=1S/C17H28N2O2/c1-19(2)10-3-11-20-12-13-21-17-8-4-15(5-9-17)14-18-16-6-7-16/h4-5,8-9,16,18H,3,6-7,10-14H2,1-2H3. The molecule has 0 amide bonds. The minimum Gasteiger partial charge on any atom is -0.491 e. The number of hydrogen-bond acceptors (Lipinski definition) is 4. The summed E-state index contributed by atoms with van der Waals surface area (Å²) in [5.74, 6) is 0.919. The first-order valence-corrected chi connectivity index (χ1v) is 7.91. The van der Waals surface area contributed by atoms with E-state index in [4.69, 9.17) is 9.47 Å². The maximum atomic E-state index is 5.67. The van der Waals surface area contributed by atoms with Crippen molar-refractivity contribution in [2.45, 2.75) is 31.8 Å². The monoisotopic (exact) mass is 292 g/mol. The molecule has 0 radical (unpaired) electrons. The molecular formula is C17H28N2O2. The maximum absolute atomic E-state index is 5.67. The van der Waals surface area contributed by atoms with Gasteiger partial charge in [-0.05, 0) is 57.6 Å². The molecule has 0 heterocycles. The predicted octanol–water partition coefficient (Wildman–Crippen LogP) is 2.29. The van der Waals surface area contributed by atoms with Gasteiger partial charge in [-0.1, -0.05) is 12.1 Å². The van der Waals surface area contributed by atoms with Crippen molar-refractivity contribution in [2.24, 2.45) is 0 Å². The average Bonchev–Trinajstić information content (AvgIpc) is 3.29. The van der Waals surface area contributed by atoms with Gasteiger partial charge in [-0.3, -0.25) is 0 Å². The second kappa shape index (κ2) is 9.03. The Kier molecular flexibility index (Phi) is 7.00. The van der Waals surface area contributed by atoms with Gasteiger partial charge >= 0.3 is 0 Å². The summed E-state index contributed by atoms with van der Waals surface area (Å²) in [6, 6.07) is 9.09. The summed E-state index contributed by atoms with van der Waals surface area (Å²) < 4.78 is 11.2. The predicted molar refractivity (Wildman–Crippen MR) is 85.8 cm³/mol. The van der Waals surface area contributed by atoms with E-state index in [1.807, 2.05) is 12.1 Å². The number of nitrogens with zero attached hydrogens (tertiary/aromatic N) is 1. The Labute approximate surface area is 128 Å². The topological polar surface area (TPSA) is 33.7 Å². The Morgan fingerprint density at radius 3 is 2.52 bits per heavy atom. The van der Waals surface area contributed by atoms with Gasteiger partial charge in [0.1, 0.15) is 12.4 Å². The molecule has 21 heavy (non-hydrogen) atoms. The average molecular weight is 292 g/mol. The van der Waals surface area contributed by atoms with E-state index in [0.29, 0.717) is 13.2 Å². The fraction of sp³-hybridized carbons (Fsp3) is 0.647. The lowest BCUT2D eigenvalue weighted by atomic mass is 10.2. The molecule has 1 aromatic carbocycles. The molecule has 1 N–H and O–H groups in total. The van der Waals surface area contributed by atoms with E-state index in [2.05, 4.69) is 36.4 Å². The van der Waals surface area contributed by atoms with Gasteiger partial charge in [0, 0.05) is 19.2 Å². The fourth-order valence-corrected chi connectivity index (χ4v) is 2.06. The Morgan fingerprint density at radius 2 is 1.86 bits per heavy atom. The van der Waals surface area contributed by atoms with Crippen LogP contribution in [0.1, 0.15) is 24.8 Å². The summed E-state index contributed by atoms with van der Waals surface area (Å²) >= 11 is 0. The summed E-state index contributed by atoms with van der Waals surface area (Å²) in [4.78, 5) is 2.17. The number of nitrogens with one attached hydrogen (secondary N) is 1. The highest BCUT2D eigenvalue weighted by Crippen LogP contribution is 2.19. The van der Waals surface area contributed by atoms with Crippen LogP contribution < -0.4 is 10.1 Å². The molecule has 4 heteroatoms. The molecular weight excluding hydrogens is 264 g/mol. The molecule has 1 aliphatic carbocycles. The highest BCUT2D eigenvalue weighted by Gasteiger charge is 2.19. The zero-order chi connectivity index (χ0) is 14.9.